The van der Waals surface area contributed by atoms with E-state index in [4.69, 9.17) is 43.8 Å². The molecule has 4 aromatic heterocycles. The Morgan fingerprint density at radius 2 is 1.93 bits per heavy atom. The fourth-order valence-electron chi connectivity index (χ4n) is 7.59. The van der Waals surface area contributed by atoms with Crippen LogP contribution < -0.4 is 17.0 Å². The molecule has 3 fully saturated rings. The molecule has 290 valence electrons. The highest BCUT2D eigenvalue weighted by molar-refractivity contribution is 7.48. The van der Waals surface area contributed by atoms with Crippen LogP contribution in [0.2, 0.25) is 0 Å². The summed E-state index contributed by atoms with van der Waals surface area (Å²) < 4.78 is 73.6. The number of phosphoric ester groups is 1. The molecule has 4 aliphatic rings. The van der Waals surface area contributed by atoms with Crippen LogP contribution in [0.5, 0.6) is 0 Å². The number of aliphatic hydroxyl groups is 1. The Hall–Kier alpha value is -4.11. The Labute approximate surface area is 306 Å². The van der Waals surface area contributed by atoms with Gasteiger partial charge in [0.15, 0.2) is 36.9 Å². The number of aliphatic hydroxyl groups excluding tert-OH is 1. The fraction of sp³-hybridized carbons (Fsp3) is 0.567. The molecule has 54 heavy (non-hydrogen) atoms. The van der Waals surface area contributed by atoms with E-state index < -0.39 is 99.9 Å². The van der Waals surface area contributed by atoms with Gasteiger partial charge in [-0.05, 0) is 20.8 Å². The van der Waals surface area contributed by atoms with Crippen molar-refractivity contribution in [1.82, 2.24) is 39.0 Å². The van der Waals surface area contributed by atoms with Gasteiger partial charge >= 0.3 is 13.8 Å². The number of hydrogen-bond donors (Lipinski definition) is 4. The van der Waals surface area contributed by atoms with Crippen molar-refractivity contribution in [3.05, 3.63) is 41.5 Å². The van der Waals surface area contributed by atoms with E-state index in [9.17, 15) is 23.8 Å². The van der Waals surface area contributed by atoms with Gasteiger partial charge in [-0.25, -0.2) is 29.0 Å². The number of allylic oxidation sites excluding steroid dienone is 1. The van der Waals surface area contributed by atoms with Gasteiger partial charge in [0.25, 0.3) is 5.56 Å². The van der Waals surface area contributed by atoms with Crippen LogP contribution in [-0.2, 0) is 46.2 Å². The van der Waals surface area contributed by atoms with Crippen LogP contribution >= 0.6 is 15.9 Å². The number of hydrogen-bond acceptors (Lipinski definition) is 19. The number of H-pyrrole nitrogens is 1. The van der Waals surface area contributed by atoms with Crippen LogP contribution in [0.4, 0.5) is 11.8 Å². The molecule has 3 unspecified atom stereocenters. The van der Waals surface area contributed by atoms with Gasteiger partial charge < -0.3 is 39.9 Å². The molecule has 0 amide bonds. The van der Waals surface area contributed by atoms with E-state index >= 15 is 0 Å². The molecule has 0 aromatic carbocycles. The second kappa shape index (κ2) is 13.3. The molecule has 24 heteroatoms. The lowest BCUT2D eigenvalue weighted by Crippen LogP contribution is -2.44. The lowest BCUT2D eigenvalue weighted by molar-refractivity contribution is -0.161. The van der Waals surface area contributed by atoms with Crippen molar-refractivity contribution in [2.24, 2.45) is 16.7 Å². The van der Waals surface area contributed by atoms with Crippen LogP contribution in [0.1, 0.15) is 33.0 Å². The Morgan fingerprint density at radius 3 is 2.65 bits per heavy atom. The first-order valence-electron chi connectivity index (χ1n) is 16.8. The molecular weight excluding hydrogens is 754 g/mol. The average molecular weight is 793 g/mol. The number of nitrogens with one attached hydrogen (secondary N) is 1. The van der Waals surface area contributed by atoms with E-state index in [1.54, 1.807) is 37.5 Å². The molecule has 4 aromatic rings. The number of fused-ring (bicyclic) bond motifs is 4. The summed E-state index contributed by atoms with van der Waals surface area (Å²) in [5, 5.41) is 12.0. The predicted molar refractivity (Wildman–Crippen MR) is 186 cm³/mol. The monoisotopic (exact) mass is 792 g/mol. The molecule has 6 heterocycles. The maximum atomic E-state index is 14.9. The minimum absolute atomic E-state index is 0.00373. The van der Waals surface area contributed by atoms with Gasteiger partial charge in [0, 0.05) is 18.4 Å². The number of esters is 1. The van der Waals surface area contributed by atoms with Gasteiger partial charge in [-0.3, -0.25) is 32.8 Å². The number of nitrogen functional groups attached to an aromatic ring is 2. The lowest BCUT2D eigenvalue weighted by atomic mass is 9.68. The maximum Gasteiger partial charge on any atom is 0.478 e. The molecule has 8 rings (SSSR count). The molecular formula is C30H38N10O12P2. The largest absolute Gasteiger partial charge is 0.478 e. The number of carbonyl (C=O) groups excluding carboxylic acids is 1. The van der Waals surface area contributed by atoms with Crippen LogP contribution in [0.3, 0.4) is 0 Å². The molecule has 2 aliphatic heterocycles. The quantitative estimate of drug-likeness (QED) is 0.0919. The summed E-state index contributed by atoms with van der Waals surface area (Å²) in [4.78, 5) is 48.7. The Balaban J connectivity index is 1.19. The summed E-state index contributed by atoms with van der Waals surface area (Å²) in [6.07, 6.45) is 1.42. The second-order valence-corrected chi connectivity index (χ2v) is 17.6. The first kappa shape index (κ1) is 36.8. The number of rotatable bonds is 6. The van der Waals surface area contributed by atoms with E-state index in [-0.39, 0.29) is 29.5 Å². The number of ether oxygens (including phenoxy) is 3. The fourth-order valence-corrected chi connectivity index (χ4v) is 10.7. The molecule has 2 saturated heterocycles. The molecule has 2 aliphatic carbocycles. The van der Waals surface area contributed by atoms with Gasteiger partial charge in [-0.1, -0.05) is 12.2 Å². The number of anilines is 2. The lowest BCUT2D eigenvalue weighted by Gasteiger charge is -2.43. The van der Waals surface area contributed by atoms with Gasteiger partial charge in [0.05, 0.1) is 49.1 Å². The van der Waals surface area contributed by atoms with Gasteiger partial charge in [0.1, 0.15) is 30.2 Å². The summed E-state index contributed by atoms with van der Waals surface area (Å²) in [5.74, 6) is -1.30. The van der Waals surface area contributed by atoms with Gasteiger partial charge in [-0.15, -0.1) is 0 Å². The minimum atomic E-state index is -4.83. The van der Waals surface area contributed by atoms with Crippen LogP contribution in [0, 0.1) is 16.7 Å². The topological polar surface area (TPSA) is 295 Å². The first-order valence-corrected chi connectivity index (χ1v) is 19.6. The van der Waals surface area contributed by atoms with Crippen molar-refractivity contribution in [2.75, 3.05) is 38.6 Å². The summed E-state index contributed by atoms with van der Waals surface area (Å²) in [6, 6.07) is -0.791. The Bertz CT molecular complexity index is 2290. The Morgan fingerprint density at radius 1 is 1.17 bits per heavy atom. The highest BCUT2D eigenvalue weighted by Crippen LogP contribution is 2.66. The zero-order valence-corrected chi connectivity index (χ0v) is 31.2. The maximum absolute atomic E-state index is 14.9. The molecule has 1 saturated carbocycles. The van der Waals surface area contributed by atoms with Gasteiger partial charge in [0.2, 0.25) is 12.7 Å². The molecule has 2 bridgehead atoms. The van der Waals surface area contributed by atoms with Crippen molar-refractivity contribution in [3.8, 4) is 0 Å². The minimum Gasteiger partial charge on any atom is -0.437 e. The highest BCUT2D eigenvalue weighted by Gasteiger charge is 2.66. The zero-order chi connectivity index (χ0) is 38.3. The van der Waals surface area contributed by atoms with Crippen LogP contribution in [0.25, 0.3) is 22.3 Å². The summed E-state index contributed by atoms with van der Waals surface area (Å²) in [7, 11) is -6.69. The number of aromatic nitrogens is 8. The van der Waals surface area contributed by atoms with E-state index in [1.165, 1.54) is 30.7 Å². The second-order valence-electron chi connectivity index (χ2n) is 14.4. The van der Waals surface area contributed by atoms with Crippen molar-refractivity contribution in [2.45, 2.75) is 63.1 Å². The number of aromatic amines is 1. The van der Waals surface area contributed by atoms with Crippen molar-refractivity contribution >= 4 is 55.9 Å². The summed E-state index contributed by atoms with van der Waals surface area (Å²) >= 11 is 0. The molecule has 0 radical (unpaired) electrons. The third kappa shape index (κ3) is 5.87. The number of methoxy groups -OCH3 is 1. The third-order valence-electron chi connectivity index (χ3n) is 10.2. The molecule has 1 spiro atoms. The van der Waals surface area contributed by atoms with E-state index in [0.29, 0.717) is 11.2 Å². The average Bonchev–Trinajstić information content (AvgIpc) is 3.84. The summed E-state index contributed by atoms with van der Waals surface area (Å²) in [6.45, 7) is 3.26. The number of nitrogens with two attached hydrogens (primary N) is 2. The zero-order valence-electron chi connectivity index (χ0n) is 29.3. The Kier molecular flexibility index (Phi) is 9.06. The summed E-state index contributed by atoms with van der Waals surface area (Å²) in [5.41, 5.74) is 8.57. The van der Waals surface area contributed by atoms with Gasteiger partial charge in [-0.2, -0.15) is 4.98 Å². The van der Waals surface area contributed by atoms with Crippen molar-refractivity contribution in [3.63, 3.8) is 0 Å². The smallest absolute Gasteiger partial charge is 0.437 e. The van der Waals surface area contributed by atoms with Crippen LogP contribution in [-0.4, -0.2) is 107 Å². The van der Waals surface area contributed by atoms with Crippen molar-refractivity contribution < 1.29 is 51.3 Å². The van der Waals surface area contributed by atoms with E-state index in [0.717, 1.165) is 0 Å². The third-order valence-corrected chi connectivity index (χ3v) is 13.5. The number of nitrogens with zero attached hydrogens (tertiary/aromatic N) is 7. The highest BCUT2D eigenvalue weighted by atomic mass is 31.2. The molecule has 6 N–H and O–H groups in total. The van der Waals surface area contributed by atoms with Crippen LogP contribution in [0.15, 0.2) is 35.9 Å². The van der Waals surface area contributed by atoms with Crippen molar-refractivity contribution in [1.29, 1.82) is 0 Å². The number of phosphoric acid groups is 1. The number of carbonyl (C=O) groups is 1. The van der Waals surface area contributed by atoms with E-state index in [2.05, 4.69) is 29.9 Å². The SMILES string of the molecule is CO[C@H]1[C@H]2OP(=O)(OCOC(=O)C(C)(C)C)OCC34C=C[C@@H]3[C@@H](n3cnc5c(N)ncnc53)[C@H](O)[C@@H]4[PH](=O)OC[C@H]1O[C@H]2n1cnc2c(=O)[nH]c(N)nc21. The number of imidazole rings is 2. The predicted octanol–water partition coefficient (Wildman–Crippen LogP) is 1.07. The molecule has 11 atom stereocenters. The normalized spacial score (nSPS) is 35.2. The van der Waals surface area contributed by atoms with E-state index in [1.807, 2.05) is 0 Å². The standard InChI is InChI=1S/C30H38N10O12P2/c1-29(2,3)27(43)47-12-50-54(45)49-8-30-6-5-13(30)17(39-10-35-15-22(31)33-9-34-23(15)39)18(41)21(30)53(44)48-7-14-19(46-4)20(52-54)26(51-14)40-11-36-16-24(40)37-28(32)38-25(16)42/h5-6,9-11,13-14,17-21,26,41,53H,7-8,12H2,1-4H3,(H2,31,33,34)(H3,32,37,38,42)/t13-,14-,17-,18+,19-,20-,21+,26-,30?,54?/m1/s1. The molecule has 22 nitrogen and oxygen atoms in total. The first-order chi connectivity index (χ1) is 25.7.